The number of sulfonamides is 2. The van der Waals surface area contributed by atoms with Crippen LogP contribution in [0.4, 0.5) is 26.3 Å². The molecule has 17 heavy (non-hydrogen) atoms. The zero-order valence-corrected chi connectivity index (χ0v) is 8.50. The van der Waals surface area contributed by atoms with E-state index in [0.717, 1.165) is 0 Å². The molecule has 0 atom stereocenters. The maximum absolute atomic E-state index is 10.8. The second-order valence-electron chi connectivity index (χ2n) is 1.98. The molecule has 0 aromatic rings. The van der Waals surface area contributed by atoms with Crippen LogP contribution in [0.5, 0.6) is 0 Å². The van der Waals surface area contributed by atoms with Gasteiger partial charge in [0, 0.05) is 0 Å². The minimum atomic E-state index is -5.34. The summed E-state index contributed by atoms with van der Waals surface area (Å²) in [6.45, 7) is 0. The summed E-state index contributed by atoms with van der Waals surface area (Å²) in [5.41, 5.74) is -10.6. The predicted octanol–water partition coefficient (Wildman–Crippen LogP) is -1.06. The van der Waals surface area contributed by atoms with Crippen LogP contribution in [-0.4, -0.2) is 79.2 Å². The van der Waals surface area contributed by atoms with Crippen LogP contribution in [-0.2, 0) is 20.0 Å². The molecule has 0 rings (SSSR count). The van der Waals surface area contributed by atoms with Crippen molar-refractivity contribution in [2.24, 2.45) is 10.3 Å². The van der Waals surface area contributed by atoms with E-state index in [2.05, 4.69) is 10.3 Å². The quantitative estimate of drug-likeness (QED) is 0.432. The molecule has 0 saturated heterocycles. The molecule has 102 valence electrons. The van der Waals surface area contributed by atoms with Crippen molar-refractivity contribution < 1.29 is 43.2 Å². The number of halogens is 6. The Morgan fingerprint density at radius 3 is 0.706 bits per heavy atom. The molecular formula is C2H5F6KN2O4S2. The summed E-state index contributed by atoms with van der Waals surface area (Å²) in [5.74, 6) is 0. The average molecular weight is 338 g/mol. The van der Waals surface area contributed by atoms with E-state index >= 15 is 0 Å². The van der Waals surface area contributed by atoms with E-state index in [-0.39, 0.29) is 51.4 Å². The summed E-state index contributed by atoms with van der Waals surface area (Å²) in [5, 5.41) is 7.32. The molecule has 0 bridgehead atoms. The SMILES string of the molecule is NS(=O)(=O)C(F)(F)F.NS(=O)(=O)C(F)(F)F.[KH]. The van der Waals surface area contributed by atoms with Gasteiger partial charge in [-0.15, -0.1) is 0 Å². The van der Waals surface area contributed by atoms with E-state index in [1.165, 1.54) is 0 Å². The van der Waals surface area contributed by atoms with Crippen molar-refractivity contribution in [1.82, 2.24) is 0 Å². The molecule has 0 amide bonds. The number of primary sulfonamides is 2. The van der Waals surface area contributed by atoms with Crippen LogP contribution in [0.15, 0.2) is 0 Å². The monoisotopic (exact) mass is 338 g/mol. The first-order valence-corrected chi connectivity index (χ1v) is 5.77. The molecule has 0 heterocycles. The van der Waals surface area contributed by atoms with Crippen LogP contribution >= 0.6 is 0 Å². The van der Waals surface area contributed by atoms with E-state index in [4.69, 9.17) is 0 Å². The molecule has 0 aliphatic rings. The molecular weight excluding hydrogens is 333 g/mol. The zero-order chi connectivity index (χ0) is 14.0. The van der Waals surface area contributed by atoms with Crippen molar-refractivity contribution in [3.8, 4) is 0 Å². The van der Waals surface area contributed by atoms with Gasteiger partial charge < -0.3 is 0 Å². The zero-order valence-electron chi connectivity index (χ0n) is 6.87. The van der Waals surface area contributed by atoms with Gasteiger partial charge in [0.15, 0.2) is 0 Å². The Balaban J connectivity index is -0.000000218. The summed E-state index contributed by atoms with van der Waals surface area (Å²) in [6.07, 6.45) is 0. The van der Waals surface area contributed by atoms with Crippen LogP contribution in [0.3, 0.4) is 0 Å². The number of nitrogens with two attached hydrogens (primary N) is 2. The van der Waals surface area contributed by atoms with E-state index in [1.54, 1.807) is 0 Å². The van der Waals surface area contributed by atoms with Gasteiger partial charge in [-0.3, -0.25) is 0 Å². The van der Waals surface area contributed by atoms with E-state index < -0.39 is 31.1 Å². The molecule has 0 aromatic heterocycles. The fourth-order valence-electron chi connectivity index (χ4n) is 0. The van der Waals surface area contributed by atoms with Gasteiger partial charge in [0.1, 0.15) is 0 Å². The van der Waals surface area contributed by atoms with Gasteiger partial charge in [-0.1, -0.05) is 0 Å². The van der Waals surface area contributed by atoms with E-state index in [1.807, 2.05) is 0 Å². The van der Waals surface area contributed by atoms with Crippen LogP contribution < -0.4 is 10.3 Å². The Labute approximate surface area is 134 Å². The van der Waals surface area contributed by atoms with Gasteiger partial charge in [-0.25, -0.2) is 27.1 Å². The second-order valence-corrected chi connectivity index (χ2v) is 5.09. The molecule has 0 saturated carbocycles. The molecule has 0 aliphatic carbocycles. The normalized spacial score (nSPS) is 13.2. The maximum atomic E-state index is 10.8. The Bertz CT molecular complexity index is 380. The van der Waals surface area contributed by atoms with Crippen molar-refractivity contribution in [2.45, 2.75) is 11.0 Å². The number of hydrogen-bond acceptors (Lipinski definition) is 4. The van der Waals surface area contributed by atoms with E-state index in [9.17, 15) is 43.2 Å². The molecule has 0 unspecified atom stereocenters. The average Bonchev–Trinajstić information content (AvgIpc) is 1.77. The molecule has 0 fully saturated rings. The summed E-state index contributed by atoms with van der Waals surface area (Å²) in [6, 6.07) is 0. The molecule has 15 heteroatoms. The van der Waals surface area contributed by atoms with Crippen molar-refractivity contribution in [3.05, 3.63) is 0 Å². The van der Waals surface area contributed by atoms with Crippen molar-refractivity contribution in [2.75, 3.05) is 0 Å². The third kappa shape index (κ3) is 10.6. The summed E-state index contributed by atoms with van der Waals surface area (Å²) >= 11 is 0. The molecule has 0 aromatic carbocycles. The topological polar surface area (TPSA) is 120 Å². The predicted molar refractivity (Wildman–Crippen MR) is 45.5 cm³/mol. The minimum absolute atomic E-state index is 0. The standard InChI is InChI=1S/2CH2F3NO2S.K.H/c2*2-1(3,4)8(5,6)7;;/h2*(H2,5,6,7);;. The number of hydrogen-bond donors (Lipinski definition) is 2. The van der Waals surface area contributed by atoms with Gasteiger partial charge in [0.25, 0.3) is 0 Å². The summed E-state index contributed by atoms with van der Waals surface area (Å²) < 4.78 is 102. The first-order valence-electron chi connectivity index (χ1n) is 2.68. The number of alkyl halides is 6. The second kappa shape index (κ2) is 6.99. The third-order valence-electron chi connectivity index (χ3n) is 0.645. The molecule has 6 nitrogen and oxygen atoms in total. The Morgan fingerprint density at radius 2 is 0.706 bits per heavy atom. The van der Waals surface area contributed by atoms with Crippen LogP contribution in [0.25, 0.3) is 0 Å². The first kappa shape index (κ1) is 23.2. The van der Waals surface area contributed by atoms with Gasteiger partial charge in [-0.2, -0.15) is 26.3 Å². The van der Waals surface area contributed by atoms with Crippen molar-refractivity contribution in [3.63, 3.8) is 0 Å². The van der Waals surface area contributed by atoms with Gasteiger partial charge in [0.05, 0.1) is 0 Å². The van der Waals surface area contributed by atoms with Crippen molar-refractivity contribution >= 4 is 71.4 Å². The van der Waals surface area contributed by atoms with Crippen molar-refractivity contribution in [1.29, 1.82) is 0 Å². The van der Waals surface area contributed by atoms with E-state index in [0.29, 0.717) is 0 Å². The van der Waals surface area contributed by atoms with Gasteiger partial charge in [0.2, 0.25) is 0 Å². The Morgan fingerprint density at radius 1 is 0.647 bits per heavy atom. The Kier molecular flexibility index (Phi) is 9.52. The first-order chi connectivity index (χ1) is 6.50. The molecule has 0 aliphatic heterocycles. The summed E-state index contributed by atoms with van der Waals surface area (Å²) in [4.78, 5) is 0. The van der Waals surface area contributed by atoms with Gasteiger partial charge >= 0.3 is 82.4 Å². The Hall–Kier alpha value is 1.04. The fraction of sp³-hybridized carbons (Fsp3) is 1.00. The summed E-state index contributed by atoms with van der Waals surface area (Å²) in [7, 11) is -10.7. The molecule has 4 N–H and O–H groups in total. The van der Waals surface area contributed by atoms with Crippen LogP contribution in [0.2, 0.25) is 0 Å². The van der Waals surface area contributed by atoms with Gasteiger partial charge in [-0.05, 0) is 0 Å². The van der Waals surface area contributed by atoms with Crippen LogP contribution in [0, 0.1) is 0 Å². The number of rotatable bonds is 0. The molecule has 0 spiro atoms. The molecule has 0 radical (unpaired) electrons. The van der Waals surface area contributed by atoms with Crippen LogP contribution in [0.1, 0.15) is 0 Å². The third-order valence-corrected chi connectivity index (χ3v) is 1.94. The fourth-order valence-corrected chi connectivity index (χ4v) is 0.